The molecule has 0 fully saturated rings. The van der Waals surface area contributed by atoms with E-state index in [4.69, 9.17) is 5.11 Å². The molecule has 614 valence electrons. The minimum absolute atomic E-state index is 0. The van der Waals surface area contributed by atoms with E-state index in [1.54, 1.807) is 6.07 Å². The summed E-state index contributed by atoms with van der Waals surface area (Å²) in [5, 5.41) is 19.4. The van der Waals surface area contributed by atoms with Crippen molar-refractivity contribution < 1.29 is 211 Å². The number of carboxylic acids is 1. The standard InChI is InChI=1S/C14H19N.C14H22.2C12H18.C11H14O3.C11H16.2C10H14.C2H6.6CH3.6Y/c1-14(2,3)9-11-15-10-8-12-6-4-5-7-13(12)15;1-14(2,3)12-8-7-11-13-9-5-4-6-10-13;2*1-12(2,3)10-9-11-7-5-4-6-8-11;1-11(2,3)7-4-5-9(12)8(6-7)10(13)14;1-11(2,3)9-10-7-5-4-6-8-10;1-10(2,3)9-7-5-4-6-8-9;1-2-3-7-10-8-5-4-6-9-10;1-2;;;;;;;;;;;;/h4-8,10H,9,11H2,1-3H3;4-6,9-10H,7-8,11-12H2,1-3H3;2*4-8H,9-10H2,1-3H3;4-6,12H,1-3H3,(H,13,14);4-8H,9H2,1-3H3;4-8H,1-3H3;4-6,8-9H,2-3,7H2,1H3;1-2H3;6*1H3;;;;;;/q;;;;;;;;;6*-1;;;;;;. The third kappa shape index (κ3) is 74.3. The van der Waals surface area contributed by atoms with Crippen LogP contribution in [0.4, 0.5) is 0 Å². The maximum absolute atomic E-state index is 10.7. The molecule has 9 rings (SSSR count). The second kappa shape index (κ2) is 74.1. The van der Waals surface area contributed by atoms with Gasteiger partial charge in [0.1, 0.15) is 11.3 Å². The summed E-state index contributed by atoms with van der Waals surface area (Å²) < 4.78 is 2.35. The van der Waals surface area contributed by atoms with Crippen LogP contribution in [0, 0.1) is 71.6 Å². The monoisotopic (exact) mass is 1980 g/mol. The average molecular weight is 1980 g/mol. The molecule has 10 heteroatoms. The van der Waals surface area contributed by atoms with Crippen molar-refractivity contribution in [2.24, 2.45) is 27.1 Å². The number of phenols is 1. The third-order valence-corrected chi connectivity index (χ3v) is 16.3. The molecule has 1 heterocycles. The molecule has 8 aromatic carbocycles. The molecule has 0 aliphatic carbocycles. The number of para-hydroxylation sites is 1. The van der Waals surface area contributed by atoms with Crippen molar-refractivity contribution in [1.29, 1.82) is 0 Å². The van der Waals surface area contributed by atoms with Crippen molar-refractivity contribution >= 4 is 16.9 Å². The first kappa shape index (κ1) is 137. The normalized spacial score (nSPS) is 10.1. The molecular formula is C102H159NO3Y6-6. The number of hydrogen-bond donors (Lipinski definition) is 2. The van der Waals surface area contributed by atoms with Gasteiger partial charge in [-0.05, 0) is 177 Å². The molecule has 1 aromatic heterocycles. The minimum atomic E-state index is -1.10. The third-order valence-electron chi connectivity index (χ3n) is 16.3. The molecule has 0 aliphatic heterocycles. The molecule has 0 spiro atoms. The number of aromatic carboxylic acids is 1. The van der Waals surface area contributed by atoms with E-state index in [-0.39, 0.29) is 258 Å². The van der Waals surface area contributed by atoms with E-state index in [1.165, 1.54) is 133 Å². The van der Waals surface area contributed by atoms with Gasteiger partial charge < -0.3 is 59.3 Å². The Morgan fingerprint density at radius 2 is 0.643 bits per heavy atom. The topological polar surface area (TPSA) is 62.5 Å². The number of aromatic nitrogens is 1. The molecule has 0 unspecified atom stereocenters. The molecule has 0 bridgehead atoms. The van der Waals surface area contributed by atoms with Crippen LogP contribution in [0.3, 0.4) is 0 Å². The Kier molecular flexibility index (Phi) is 90.7. The Labute approximate surface area is 846 Å². The van der Waals surface area contributed by atoms with E-state index in [0.29, 0.717) is 32.5 Å². The van der Waals surface area contributed by atoms with Gasteiger partial charge in [0, 0.05) is 215 Å². The van der Waals surface area contributed by atoms with Crippen molar-refractivity contribution in [3.63, 3.8) is 0 Å². The number of carboxylic acid groups (broad SMARTS) is 1. The maximum atomic E-state index is 10.7. The number of nitrogens with zero attached hydrogens (tertiary/aromatic N) is 1. The first-order valence-electron chi connectivity index (χ1n) is 37.6. The molecule has 0 atom stereocenters. The number of aryl methyl sites for hydroxylation is 5. The molecule has 6 radical (unpaired) electrons. The zero-order valence-electron chi connectivity index (χ0n) is 77.1. The first-order valence-corrected chi connectivity index (χ1v) is 37.6. The second-order valence-electron chi connectivity index (χ2n) is 34.4. The number of unbranched alkanes of at least 4 members (excludes halogenated alkanes) is 2. The van der Waals surface area contributed by atoms with Crippen LogP contribution in [0.15, 0.2) is 237 Å². The summed E-state index contributed by atoms with van der Waals surface area (Å²) in [7, 11) is 0. The van der Waals surface area contributed by atoms with Gasteiger partial charge in [-0.1, -0.05) is 385 Å². The number of rotatable bonds is 15. The number of aromatic hydroxyl groups is 1. The van der Waals surface area contributed by atoms with Gasteiger partial charge in [0.15, 0.2) is 0 Å². The quantitative estimate of drug-likeness (QED) is 0.0794. The largest absolute Gasteiger partial charge is 0.507 e. The van der Waals surface area contributed by atoms with Crippen LogP contribution in [-0.2, 0) is 246 Å². The maximum Gasteiger partial charge on any atom is 0.339 e. The second-order valence-corrected chi connectivity index (χ2v) is 34.4. The Bertz CT molecular complexity index is 3420. The molecule has 0 saturated heterocycles. The summed E-state index contributed by atoms with van der Waals surface area (Å²) in [6.45, 7) is 54.3. The van der Waals surface area contributed by atoms with Crippen LogP contribution in [0.25, 0.3) is 10.9 Å². The predicted octanol–water partition coefficient (Wildman–Crippen LogP) is 31.2. The first-order chi connectivity index (χ1) is 46.7. The number of hydrogen-bond acceptors (Lipinski definition) is 2. The van der Waals surface area contributed by atoms with Gasteiger partial charge in [0.2, 0.25) is 0 Å². The number of fused-ring (bicyclic) bond motifs is 1. The molecule has 0 aliphatic rings. The Balaban J connectivity index is -0.000000100. The van der Waals surface area contributed by atoms with Crippen molar-refractivity contribution in [2.75, 3.05) is 0 Å². The summed E-state index contributed by atoms with van der Waals surface area (Å²) in [6, 6.07) is 79.4. The molecule has 0 amide bonds. The van der Waals surface area contributed by atoms with E-state index >= 15 is 0 Å². The van der Waals surface area contributed by atoms with Crippen LogP contribution in [0.1, 0.15) is 267 Å². The minimum Gasteiger partial charge on any atom is -0.507 e. The molecule has 0 saturated carbocycles. The number of carbonyl (C=O) groups is 1. The van der Waals surface area contributed by atoms with E-state index < -0.39 is 5.97 Å². The Morgan fingerprint density at radius 1 is 0.330 bits per heavy atom. The zero-order valence-corrected chi connectivity index (χ0v) is 94.2. The Hall–Kier alpha value is -0.807. The van der Waals surface area contributed by atoms with Gasteiger partial charge in [0.05, 0.1) is 0 Å². The SMILES string of the molecule is CC.CC(C)(C)CCCCc1ccccc1.CC(C)(C)CCc1ccccc1.CC(C)(C)CCc1ccccc1.CC(C)(C)CCn1ccc2ccccc21.CC(C)(C)Cc1ccccc1.CC(C)(C)c1ccc(O)c(C(=O)O)c1.CC(C)(C)c1ccccc1.CCCCc1ccccc1.[CH3-].[CH3-].[CH3-].[CH3-].[CH3-].[CH3-].[Y].[Y].[Y].[Y].[Y].[Y]. The fourth-order valence-corrected chi connectivity index (χ4v) is 10.1. The number of benzene rings is 8. The van der Waals surface area contributed by atoms with E-state index in [1.807, 2.05) is 34.6 Å². The van der Waals surface area contributed by atoms with Crippen molar-refractivity contribution in [1.82, 2.24) is 4.57 Å². The van der Waals surface area contributed by atoms with E-state index in [2.05, 4.69) is 355 Å². The van der Waals surface area contributed by atoms with Crippen LogP contribution in [-0.4, -0.2) is 20.7 Å². The van der Waals surface area contributed by atoms with Crippen LogP contribution in [0.2, 0.25) is 0 Å². The fourth-order valence-electron chi connectivity index (χ4n) is 10.1. The summed E-state index contributed by atoms with van der Waals surface area (Å²) in [6.07, 6.45) is 18.5. The van der Waals surface area contributed by atoms with Crippen molar-refractivity contribution in [3.05, 3.63) is 326 Å². The summed E-state index contributed by atoms with van der Waals surface area (Å²) in [4.78, 5) is 10.7. The summed E-state index contributed by atoms with van der Waals surface area (Å²) in [5.41, 5.74) is 13.3. The van der Waals surface area contributed by atoms with Crippen LogP contribution in [0.5, 0.6) is 5.75 Å². The van der Waals surface area contributed by atoms with E-state index in [9.17, 15) is 9.90 Å². The van der Waals surface area contributed by atoms with Crippen LogP contribution >= 0.6 is 0 Å². The predicted molar refractivity (Wildman–Crippen MR) is 481 cm³/mol. The van der Waals surface area contributed by atoms with Gasteiger partial charge in [-0.2, -0.15) is 0 Å². The van der Waals surface area contributed by atoms with Crippen LogP contribution < -0.4 is 0 Å². The van der Waals surface area contributed by atoms with Gasteiger partial charge in [-0.3, -0.25) is 0 Å². The van der Waals surface area contributed by atoms with Crippen molar-refractivity contribution in [3.8, 4) is 5.75 Å². The summed E-state index contributed by atoms with van der Waals surface area (Å²) >= 11 is 0. The Morgan fingerprint density at radius 3 is 0.955 bits per heavy atom. The van der Waals surface area contributed by atoms with E-state index in [0.717, 1.165) is 18.5 Å². The van der Waals surface area contributed by atoms with Gasteiger partial charge in [-0.15, -0.1) is 0 Å². The van der Waals surface area contributed by atoms with Gasteiger partial charge in [0.25, 0.3) is 0 Å². The summed E-state index contributed by atoms with van der Waals surface area (Å²) in [5.74, 6) is -1.29. The van der Waals surface area contributed by atoms with Gasteiger partial charge in [-0.25, -0.2) is 4.79 Å². The molecule has 112 heavy (non-hydrogen) atoms. The van der Waals surface area contributed by atoms with Gasteiger partial charge >= 0.3 is 5.97 Å². The fraction of sp³-hybridized carbons (Fsp3) is 0.441. The van der Waals surface area contributed by atoms with Crippen molar-refractivity contribution in [2.45, 2.75) is 267 Å². The molecule has 9 aromatic rings. The average Bonchev–Trinajstić information content (AvgIpc) is 1.47. The molecular weight excluding hydrogens is 1820 g/mol. The zero-order chi connectivity index (χ0) is 75.5. The molecule has 4 nitrogen and oxygen atoms in total. The smallest absolute Gasteiger partial charge is 0.339 e. The molecule has 2 N–H and O–H groups in total.